The van der Waals surface area contributed by atoms with E-state index in [1.54, 1.807) is 0 Å². The first-order valence-electron chi connectivity index (χ1n) is 9.89. The van der Waals surface area contributed by atoms with E-state index >= 15 is 0 Å². The molecule has 2 aromatic carbocycles. The van der Waals surface area contributed by atoms with Gasteiger partial charge in [0.1, 0.15) is 5.69 Å². The fourth-order valence-corrected chi connectivity index (χ4v) is 3.76. The van der Waals surface area contributed by atoms with Crippen LogP contribution in [0.25, 0.3) is 10.9 Å². The monoisotopic (exact) mass is 375 g/mol. The molecule has 0 aliphatic carbocycles. The number of carbonyl (C=O) groups excluding carboxylic acids is 2. The van der Waals surface area contributed by atoms with Crippen LogP contribution in [0.1, 0.15) is 28.9 Å². The number of carbonyl (C=O) groups is 2. The molecule has 4 rings (SSSR count). The Labute approximate surface area is 165 Å². The molecular weight excluding hydrogens is 350 g/mol. The predicted molar refractivity (Wildman–Crippen MR) is 110 cm³/mol. The molecule has 3 aromatic rings. The van der Waals surface area contributed by atoms with E-state index in [1.807, 2.05) is 58.3 Å². The highest BCUT2D eigenvalue weighted by Gasteiger charge is 2.25. The van der Waals surface area contributed by atoms with Gasteiger partial charge in [-0.1, -0.05) is 48.5 Å². The van der Waals surface area contributed by atoms with Crippen LogP contribution < -0.4 is 0 Å². The number of hydrogen-bond acceptors (Lipinski definition) is 2. The molecule has 5 heteroatoms. The van der Waals surface area contributed by atoms with Crippen LogP contribution in [0, 0.1) is 0 Å². The normalized spacial score (nSPS) is 14.4. The molecule has 1 fully saturated rings. The predicted octanol–water partition coefficient (Wildman–Crippen LogP) is 3.48. The molecule has 1 aliphatic rings. The fraction of sp³-hybridized carbons (Fsp3) is 0.304. The lowest BCUT2D eigenvalue weighted by Gasteiger charge is -2.34. The Morgan fingerprint density at radius 3 is 2.29 bits per heavy atom. The number of aromatic nitrogens is 1. The highest BCUT2D eigenvalue weighted by atomic mass is 16.2. The summed E-state index contributed by atoms with van der Waals surface area (Å²) in [6.45, 7) is 2.38. The van der Waals surface area contributed by atoms with Crippen molar-refractivity contribution in [2.45, 2.75) is 19.3 Å². The first kappa shape index (κ1) is 18.3. The summed E-state index contributed by atoms with van der Waals surface area (Å²) in [6, 6.07) is 20.0. The number of aryl methyl sites for hydroxylation is 1. The van der Waals surface area contributed by atoms with Crippen molar-refractivity contribution in [1.29, 1.82) is 0 Å². The molecule has 28 heavy (non-hydrogen) atoms. The number of rotatable bonds is 5. The number of para-hydroxylation sites is 1. The van der Waals surface area contributed by atoms with E-state index in [0.717, 1.165) is 23.7 Å². The molecule has 0 atom stereocenters. The van der Waals surface area contributed by atoms with Crippen molar-refractivity contribution in [3.05, 3.63) is 71.9 Å². The van der Waals surface area contributed by atoms with Crippen molar-refractivity contribution in [2.75, 3.05) is 26.2 Å². The highest BCUT2D eigenvalue weighted by Crippen LogP contribution is 2.17. The van der Waals surface area contributed by atoms with E-state index in [0.29, 0.717) is 38.3 Å². The van der Waals surface area contributed by atoms with Crippen LogP contribution in [0.4, 0.5) is 0 Å². The molecule has 1 aliphatic heterocycles. The molecule has 2 amide bonds. The smallest absolute Gasteiger partial charge is 0.270 e. The van der Waals surface area contributed by atoms with Gasteiger partial charge in [0.15, 0.2) is 0 Å². The summed E-state index contributed by atoms with van der Waals surface area (Å²) in [4.78, 5) is 32.2. The molecule has 0 unspecified atom stereocenters. The van der Waals surface area contributed by atoms with Crippen LogP contribution in [0.3, 0.4) is 0 Å². The quantitative estimate of drug-likeness (QED) is 0.742. The lowest BCUT2D eigenvalue weighted by atomic mass is 10.1. The summed E-state index contributed by atoms with van der Waals surface area (Å²) < 4.78 is 0. The van der Waals surface area contributed by atoms with Crippen molar-refractivity contribution in [1.82, 2.24) is 14.8 Å². The van der Waals surface area contributed by atoms with Crippen LogP contribution >= 0.6 is 0 Å². The average Bonchev–Trinajstić information content (AvgIpc) is 3.18. The molecule has 1 saturated heterocycles. The van der Waals surface area contributed by atoms with Crippen LogP contribution in [-0.2, 0) is 11.2 Å². The Hall–Kier alpha value is -3.08. The number of fused-ring (bicyclic) bond motifs is 1. The van der Waals surface area contributed by atoms with Gasteiger partial charge in [0.25, 0.3) is 5.91 Å². The molecule has 1 aromatic heterocycles. The lowest BCUT2D eigenvalue weighted by Crippen LogP contribution is -2.50. The van der Waals surface area contributed by atoms with Crippen molar-refractivity contribution >= 4 is 22.7 Å². The van der Waals surface area contributed by atoms with Gasteiger partial charge in [0.2, 0.25) is 5.91 Å². The Morgan fingerprint density at radius 2 is 1.54 bits per heavy atom. The van der Waals surface area contributed by atoms with Gasteiger partial charge in [0, 0.05) is 43.5 Å². The maximum Gasteiger partial charge on any atom is 0.270 e. The molecule has 0 bridgehead atoms. The van der Waals surface area contributed by atoms with E-state index in [4.69, 9.17) is 0 Å². The van der Waals surface area contributed by atoms with Crippen molar-refractivity contribution in [3.63, 3.8) is 0 Å². The van der Waals surface area contributed by atoms with Crippen LogP contribution in [-0.4, -0.2) is 52.8 Å². The van der Waals surface area contributed by atoms with Gasteiger partial charge in [-0.15, -0.1) is 0 Å². The lowest BCUT2D eigenvalue weighted by molar-refractivity contribution is -0.132. The summed E-state index contributed by atoms with van der Waals surface area (Å²) in [6.07, 6.45) is 2.34. The second kappa shape index (κ2) is 8.30. The van der Waals surface area contributed by atoms with Gasteiger partial charge in [-0.05, 0) is 30.5 Å². The van der Waals surface area contributed by atoms with Gasteiger partial charge in [-0.25, -0.2) is 0 Å². The molecular formula is C23H25N3O2. The topological polar surface area (TPSA) is 56.4 Å². The second-order valence-corrected chi connectivity index (χ2v) is 7.28. The largest absolute Gasteiger partial charge is 0.351 e. The van der Waals surface area contributed by atoms with E-state index in [-0.39, 0.29) is 11.8 Å². The number of H-pyrrole nitrogens is 1. The van der Waals surface area contributed by atoms with Gasteiger partial charge in [-0.2, -0.15) is 0 Å². The number of benzene rings is 2. The van der Waals surface area contributed by atoms with Gasteiger partial charge in [0.05, 0.1) is 0 Å². The van der Waals surface area contributed by atoms with Crippen molar-refractivity contribution < 1.29 is 9.59 Å². The highest BCUT2D eigenvalue weighted by molar-refractivity contribution is 5.98. The van der Waals surface area contributed by atoms with E-state index < -0.39 is 0 Å². The summed E-state index contributed by atoms with van der Waals surface area (Å²) >= 11 is 0. The molecule has 1 N–H and O–H groups in total. The van der Waals surface area contributed by atoms with Crippen molar-refractivity contribution in [2.24, 2.45) is 0 Å². The number of hydrogen-bond donors (Lipinski definition) is 1. The number of amides is 2. The molecule has 144 valence electrons. The fourth-order valence-electron chi connectivity index (χ4n) is 3.76. The zero-order chi connectivity index (χ0) is 19.3. The zero-order valence-corrected chi connectivity index (χ0v) is 15.9. The third kappa shape index (κ3) is 4.09. The first-order valence-corrected chi connectivity index (χ1v) is 9.89. The minimum Gasteiger partial charge on any atom is -0.351 e. The molecule has 5 nitrogen and oxygen atoms in total. The SMILES string of the molecule is O=C(CCCc1ccccc1)N1CCN(C(=O)c2cc3ccccc3[nH]2)CC1. The van der Waals surface area contributed by atoms with Crippen LogP contribution in [0.15, 0.2) is 60.7 Å². The van der Waals surface area contributed by atoms with Gasteiger partial charge < -0.3 is 14.8 Å². The Kier molecular flexibility index (Phi) is 5.42. The minimum atomic E-state index is 0.00683. The molecule has 0 radical (unpaired) electrons. The standard InChI is InChI=1S/C23H25N3O2/c27-22(12-6-9-18-7-2-1-3-8-18)25-13-15-26(16-14-25)23(28)21-17-19-10-4-5-11-20(19)24-21/h1-5,7-8,10-11,17,24H,6,9,12-16H2. The van der Waals surface area contributed by atoms with Gasteiger partial charge >= 0.3 is 0 Å². The third-order valence-corrected chi connectivity index (χ3v) is 5.38. The number of nitrogens with one attached hydrogen (secondary N) is 1. The number of piperazine rings is 1. The van der Waals surface area contributed by atoms with Crippen LogP contribution in [0.2, 0.25) is 0 Å². The molecule has 0 saturated carbocycles. The number of aromatic amines is 1. The summed E-state index contributed by atoms with van der Waals surface area (Å²) in [7, 11) is 0. The van der Waals surface area contributed by atoms with Gasteiger partial charge in [-0.3, -0.25) is 9.59 Å². The van der Waals surface area contributed by atoms with Crippen LogP contribution in [0.5, 0.6) is 0 Å². The summed E-state index contributed by atoms with van der Waals surface area (Å²) in [5.74, 6) is 0.195. The second-order valence-electron chi connectivity index (χ2n) is 7.28. The maximum atomic E-state index is 12.8. The Bertz CT molecular complexity index is 923. The number of nitrogens with zero attached hydrogens (tertiary/aromatic N) is 2. The zero-order valence-electron chi connectivity index (χ0n) is 15.9. The molecule has 2 heterocycles. The summed E-state index contributed by atoms with van der Waals surface area (Å²) in [5.41, 5.74) is 2.85. The Morgan fingerprint density at radius 1 is 0.857 bits per heavy atom. The minimum absolute atomic E-state index is 0.00683. The van der Waals surface area contributed by atoms with E-state index in [1.165, 1.54) is 5.56 Å². The molecule has 0 spiro atoms. The van der Waals surface area contributed by atoms with E-state index in [2.05, 4.69) is 17.1 Å². The first-order chi connectivity index (χ1) is 13.7. The third-order valence-electron chi connectivity index (χ3n) is 5.38. The Balaban J connectivity index is 1.26. The average molecular weight is 375 g/mol. The van der Waals surface area contributed by atoms with Crippen molar-refractivity contribution in [3.8, 4) is 0 Å². The summed E-state index contributed by atoms with van der Waals surface area (Å²) in [5, 5.41) is 1.04. The maximum absolute atomic E-state index is 12.8. The van der Waals surface area contributed by atoms with E-state index in [9.17, 15) is 9.59 Å².